The van der Waals surface area contributed by atoms with Gasteiger partial charge in [-0.25, -0.2) is 4.98 Å². The molecule has 29 heavy (non-hydrogen) atoms. The summed E-state index contributed by atoms with van der Waals surface area (Å²) < 4.78 is 6.40. The molecule has 12 heteroatoms. The van der Waals surface area contributed by atoms with Crippen LogP contribution in [0.25, 0.3) is 20.3 Å². The number of methoxy groups -OCH3 is 1. The second kappa shape index (κ2) is 7.07. The zero-order valence-corrected chi connectivity index (χ0v) is 16.2. The maximum Gasteiger partial charge on any atom is 0.274 e. The molecule has 0 spiro atoms. The first-order chi connectivity index (χ1) is 13.9. The molecule has 2 aromatic carbocycles. The maximum absolute atomic E-state index is 12.6. The van der Waals surface area contributed by atoms with Crippen molar-refractivity contribution in [3.8, 4) is 5.75 Å². The van der Waals surface area contributed by atoms with Crippen molar-refractivity contribution in [2.24, 2.45) is 0 Å². The lowest BCUT2D eigenvalue weighted by Gasteiger charge is -2.00. The molecule has 146 valence electrons. The lowest BCUT2D eigenvalue weighted by Crippen LogP contribution is -2.09. The van der Waals surface area contributed by atoms with E-state index in [0.717, 1.165) is 16.0 Å². The van der Waals surface area contributed by atoms with Gasteiger partial charge in [-0.3, -0.25) is 30.3 Å². The van der Waals surface area contributed by atoms with Crippen molar-refractivity contribution in [2.45, 2.75) is 0 Å². The number of aromatic nitrogens is 1. The Morgan fingerprint density at radius 3 is 2.48 bits per heavy atom. The number of carbonyl (C=O) groups is 1. The molecule has 2 heterocycles. The Morgan fingerprint density at radius 2 is 1.79 bits per heavy atom. The second-order valence-electron chi connectivity index (χ2n) is 5.81. The van der Waals surface area contributed by atoms with E-state index in [0.29, 0.717) is 20.5 Å². The van der Waals surface area contributed by atoms with Crippen LogP contribution in [-0.2, 0) is 0 Å². The van der Waals surface area contributed by atoms with E-state index in [9.17, 15) is 25.0 Å². The Kier molecular flexibility index (Phi) is 4.56. The van der Waals surface area contributed by atoms with E-state index in [-0.39, 0.29) is 22.3 Å². The monoisotopic (exact) mass is 430 g/mol. The first-order valence-electron chi connectivity index (χ1n) is 7.98. The smallest absolute Gasteiger partial charge is 0.274 e. The van der Waals surface area contributed by atoms with Gasteiger partial charge < -0.3 is 4.74 Å². The summed E-state index contributed by atoms with van der Waals surface area (Å²) in [6.45, 7) is 0. The van der Waals surface area contributed by atoms with Gasteiger partial charge in [0.05, 0.1) is 32.6 Å². The summed E-state index contributed by atoms with van der Waals surface area (Å²) in [4.78, 5) is 38.2. The fraction of sp³-hybridized carbons (Fsp3) is 0.0588. The van der Waals surface area contributed by atoms with E-state index in [4.69, 9.17) is 4.74 Å². The normalized spacial score (nSPS) is 10.9. The minimum atomic E-state index is -0.531. The summed E-state index contributed by atoms with van der Waals surface area (Å²) in [6.07, 6.45) is 0. The van der Waals surface area contributed by atoms with Gasteiger partial charge in [-0.2, -0.15) is 0 Å². The molecule has 0 bridgehead atoms. The molecule has 0 saturated heterocycles. The van der Waals surface area contributed by atoms with Crippen LogP contribution >= 0.6 is 22.7 Å². The van der Waals surface area contributed by atoms with E-state index in [1.54, 1.807) is 12.1 Å². The molecule has 4 rings (SSSR count). The predicted molar refractivity (Wildman–Crippen MR) is 109 cm³/mol. The molecule has 1 amide bonds. The third kappa shape index (κ3) is 3.46. The first-order valence-corrected chi connectivity index (χ1v) is 9.61. The van der Waals surface area contributed by atoms with Gasteiger partial charge in [0.1, 0.15) is 5.52 Å². The number of anilines is 1. The number of non-ortho nitro benzene ring substituents is 2. The molecule has 4 aromatic rings. The van der Waals surface area contributed by atoms with Crippen molar-refractivity contribution in [1.29, 1.82) is 0 Å². The van der Waals surface area contributed by atoms with Crippen molar-refractivity contribution in [1.82, 2.24) is 4.98 Å². The third-order valence-electron chi connectivity index (χ3n) is 4.03. The lowest BCUT2D eigenvalue weighted by molar-refractivity contribution is -0.384. The van der Waals surface area contributed by atoms with Gasteiger partial charge in [0.2, 0.25) is 0 Å². The second-order valence-corrected chi connectivity index (χ2v) is 7.93. The van der Waals surface area contributed by atoms with Crippen molar-refractivity contribution in [3.63, 3.8) is 0 Å². The molecule has 0 unspecified atom stereocenters. The van der Waals surface area contributed by atoms with E-state index < -0.39 is 15.8 Å². The summed E-state index contributed by atoms with van der Waals surface area (Å²) in [5.41, 5.74) is 0.217. The van der Waals surface area contributed by atoms with Crippen LogP contribution in [0.15, 0.2) is 36.4 Å². The van der Waals surface area contributed by atoms with Crippen molar-refractivity contribution >= 4 is 65.4 Å². The van der Waals surface area contributed by atoms with Gasteiger partial charge >= 0.3 is 0 Å². The largest absolute Gasteiger partial charge is 0.494 e. The Balaban J connectivity index is 1.65. The number of nitro groups is 2. The summed E-state index contributed by atoms with van der Waals surface area (Å²) in [5, 5.41) is 25.5. The number of carbonyl (C=O) groups excluding carboxylic acids is 1. The molecule has 1 N–H and O–H groups in total. The zero-order chi connectivity index (χ0) is 20.7. The van der Waals surface area contributed by atoms with Crippen LogP contribution in [0.5, 0.6) is 5.75 Å². The highest BCUT2D eigenvalue weighted by atomic mass is 32.1. The van der Waals surface area contributed by atoms with Gasteiger partial charge in [-0.05, 0) is 12.1 Å². The first kappa shape index (κ1) is 18.7. The topological polar surface area (TPSA) is 138 Å². The summed E-state index contributed by atoms with van der Waals surface area (Å²) >= 11 is 2.28. The van der Waals surface area contributed by atoms with Crippen molar-refractivity contribution in [2.75, 3.05) is 12.4 Å². The molecule has 0 aliphatic carbocycles. The highest BCUT2D eigenvalue weighted by Crippen LogP contribution is 2.36. The molecule has 0 radical (unpaired) electrons. The number of nitro benzene ring substituents is 2. The summed E-state index contributed by atoms with van der Waals surface area (Å²) in [7, 11) is 1.38. The van der Waals surface area contributed by atoms with Gasteiger partial charge in [0.25, 0.3) is 17.3 Å². The number of amides is 1. The third-order valence-corrected chi connectivity index (χ3v) is 6.06. The average Bonchev–Trinajstić information content (AvgIpc) is 3.29. The number of thiazole rings is 1. The van der Waals surface area contributed by atoms with Gasteiger partial charge in [0.15, 0.2) is 10.9 Å². The van der Waals surface area contributed by atoms with Crippen LogP contribution in [0.4, 0.5) is 16.5 Å². The molecular weight excluding hydrogens is 420 g/mol. The fourth-order valence-corrected chi connectivity index (χ4v) is 4.56. The van der Waals surface area contributed by atoms with E-state index in [1.807, 2.05) is 0 Å². The van der Waals surface area contributed by atoms with Crippen LogP contribution in [0, 0.1) is 20.2 Å². The van der Waals surface area contributed by atoms with E-state index in [2.05, 4.69) is 10.3 Å². The Bertz CT molecular complexity index is 1310. The van der Waals surface area contributed by atoms with Crippen LogP contribution in [0.1, 0.15) is 9.67 Å². The van der Waals surface area contributed by atoms with Crippen LogP contribution in [0.3, 0.4) is 0 Å². The number of nitrogens with one attached hydrogen (secondary N) is 1. The molecule has 0 aliphatic heterocycles. The SMILES string of the molecule is COc1cc([N+](=O)[O-])cc2sc(NC(=O)c3cc4cc([N+](=O)[O-])ccc4s3)nc12. The maximum atomic E-state index is 12.6. The molecule has 0 aliphatic rings. The quantitative estimate of drug-likeness (QED) is 0.361. The fourth-order valence-electron chi connectivity index (χ4n) is 2.71. The van der Waals surface area contributed by atoms with Crippen LogP contribution in [-0.4, -0.2) is 27.8 Å². The Morgan fingerprint density at radius 1 is 1.03 bits per heavy atom. The highest BCUT2D eigenvalue weighted by molar-refractivity contribution is 7.23. The Hall–Kier alpha value is -3.64. The minimum absolute atomic E-state index is 0.0536. The van der Waals surface area contributed by atoms with E-state index in [1.165, 1.54) is 42.7 Å². The molecule has 2 aromatic heterocycles. The molecule has 0 atom stereocenters. The number of rotatable bonds is 5. The average molecular weight is 430 g/mol. The molecule has 0 saturated carbocycles. The number of hydrogen-bond donors (Lipinski definition) is 1. The van der Waals surface area contributed by atoms with Gasteiger partial charge in [-0.15, -0.1) is 11.3 Å². The zero-order valence-electron chi connectivity index (χ0n) is 14.6. The highest BCUT2D eigenvalue weighted by Gasteiger charge is 2.19. The number of hydrogen-bond acceptors (Lipinski definition) is 9. The number of benzene rings is 2. The molecule has 10 nitrogen and oxygen atoms in total. The number of nitrogens with zero attached hydrogens (tertiary/aromatic N) is 3. The minimum Gasteiger partial charge on any atom is -0.494 e. The van der Waals surface area contributed by atoms with Crippen LogP contribution < -0.4 is 10.1 Å². The van der Waals surface area contributed by atoms with Crippen molar-refractivity contribution in [3.05, 3.63) is 61.5 Å². The molecular formula is C17H10N4O6S2. The van der Waals surface area contributed by atoms with Crippen molar-refractivity contribution < 1.29 is 19.4 Å². The lowest BCUT2D eigenvalue weighted by atomic mass is 10.2. The Labute approximate surface area is 169 Å². The number of thiophene rings is 1. The number of fused-ring (bicyclic) bond motifs is 2. The predicted octanol–water partition coefficient (Wildman–Crippen LogP) is 4.59. The van der Waals surface area contributed by atoms with E-state index >= 15 is 0 Å². The number of ether oxygens (including phenoxy) is 1. The summed E-state index contributed by atoms with van der Waals surface area (Å²) in [6, 6.07) is 8.59. The van der Waals surface area contributed by atoms with Crippen LogP contribution in [0.2, 0.25) is 0 Å². The van der Waals surface area contributed by atoms with Gasteiger partial charge in [0, 0.05) is 28.3 Å². The summed E-state index contributed by atoms with van der Waals surface area (Å²) in [5.74, 6) is -0.193. The van der Waals surface area contributed by atoms with Gasteiger partial charge in [-0.1, -0.05) is 11.3 Å². The standard InChI is InChI=1S/C17H10N4O6S2/c1-27-11-6-10(21(25)26)7-13-15(11)18-17(29-13)19-16(22)14-5-8-4-9(20(23)24)2-3-12(8)28-14/h2-7H,1H3,(H,18,19,22). The molecule has 0 fully saturated rings.